The number of ether oxygens (including phenoxy) is 9. The van der Waals surface area contributed by atoms with E-state index >= 15 is 0 Å². The highest BCUT2D eigenvalue weighted by molar-refractivity contribution is 5.80. The molecule has 5 fully saturated rings. The summed E-state index contributed by atoms with van der Waals surface area (Å²) in [6.07, 6.45) is 10.1. The number of amides is 1. The quantitative estimate of drug-likeness (QED) is 0.210. The van der Waals surface area contributed by atoms with Crippen LogP contribution in [0.15, 0.2) is 11.8 Å². The highest BCUT2D eigenvalue weighted by Gasteiger charge is 2.47. The van der Waals surface area contributed by atoms with Crippen LogP contribution in [-0.4, -0.2) is 142 Å². The van der Waals surface area contributed by atoms with Crippen molar-refractivity contribution < 1.29 is 52.3 Å². The lowest BCUT2D eigenvalue weighted by Gasteiger charge is -2.46. The van der Waals surface area contributed by atoms with E-state index in [-0.39, 0.29) is 115 Å². The molecule has 0 radical (unpaired) electrons. The second-order valence-electron chi connectivity index (χ2n) is 17.1. The number of carbonyl (C=O) groups is 1. The molecule has 1 saturated heterocycles. The largest absolute Gasteiger partial charge is 0.413 e. The molecule has 14 heteroatoms. The number of carbonyl (C=O) groups excluding carboxylic acids is 1. The summed E-state index contributed by atoms with van der Waals surface area (Å²) in [5.74, 6) is 1.88. The average Bonchev–Trinajstić information content (AvgIpc) is 3.72. The van der Waals surface area contributed by atoms with Gasteiger partial charge in [0.05, 0.1) is 73.6 Å². The summed E-state index contributed by atoms with van der Waals surface area (Å²) in [5.41, 5.74) is 3.30. The van der Waals surface area contributed by atoms with Gasteiger partial charge >= 0.3 is 0 Å². The van der Waals surface area contributed by atoms with Gasteiger partial charge in [0.25, 0.3) is 0 Å². The first-order valence-corrected chi connectivity index (χ1v) is 20.8. The van der Waals surface area contributed by atoms with Gasteiger partial charge in [-0.05, 0) is 89.0 Å². The van der Waals surface area contributed by atoms with Gasteiger partial charge in [0, 0.05) is 67.6 Å². The molecular weight excluding hydrogens is 710 g/mol. The summed E-state index contributed by atoms with van der Waals surface area (Å²) in [5, 5.41) is 7.07. The average molecular weight is 782 g/mol. The number of hydroxylamine groups is 1. The van der Waals surface area contributed by atoms with Crippen LogP contribution in [-0.2, 0) is 52.3 Å². The lowest BCUT2D eigenvalue weighted by Crippen LogP contribution is -2.66. The number of fused-ring (bicyclic) bond motifs is 1. The molecule has 4 aliphatic carbocycles. The molecule has 6 rings (SSSR count). The van der Waals surface area contributed by atoms with Gasteiger partial charge in [0.15, 0.2) is 0 Å². The second-order valence-corrected chi connectivity index (χ2v) is 17.1. The fourth-order valence-corrected chi connectivity index (χ4v) is 10.4. The number of methoxy groups -OCH3 is 7. The Balaban J connectivity index is 0.981. The van der Waals surface area contributed by atoms with E-state index in [1.54, 1.807) is 49.8 Å². The Hall–Kier alpha value is -1.43. The molecule has 2 heterocycles. The summed E-state index contributed by atoms with van der Waals surface area (Å²) in [4.78, 5) is 19.3. The smallest absolute Gasteiger partial charge is 0.226 e. The molecule has 4 saturated carbocycles. The third kappa shape index (κ3) is 9.89. The first-order chi connectivity index (χ1) is 26.6. The zero-order valence-corrected chi connectivity index (χ0v) is 34.7. The molecule has 14 unspecified atom stereocenters. The number of nitrogens with one attached hydrogen (secondary N) is 3. The van der Waals surface area contributed by atoms with Crippen LogP contribution in [0.5, 0.6) is 0 Å². The maximum absolute atomic E-state index is 13.1. The minimum Gasteiger partial charge on any atom is -0.413 e. The Morgan fingerprint density at radius 3 is 1.95 bits per heavy atom. The predicted octanol–water partition coefficient (Wildman–Crippen LogP) is 3.51. The van der Waals surface area contributed by atoms with Gasteiger partial charge in [-0.15, -0.1) is 5.48 Å². The number of hydrogen-bond donors (Lipinski definition) is 3. The van der Waals surface area contributed by atoms with Crippen molar-refractivity contribution in [3.05, 3.63) is 11.8 Å². The van der Waals surface area contributed by atoms with E-state index in [4.69, 9.17) is 47.5 Å². The van der Waals surface area contributed by atoms with Crippen LogP contribution >= 0.6 is 0 Å². The van der Waals surface area contributed by atoms with Crippen molar-refractivity contribution in [1.82, 2.24) is 16.1 Å². The van der Waals surface area contributed by atoms with Crippen LogP contribution in [0, 0.1) is 29.6 Å². The van der Waals surface area contributed by atoms with E-state index in [0.29, 0.717) is 6.61 Å². The number of hydrogen-bond acceptors (Lipinski definition) is 13. The van der Waals surface area contributed by atoms with E-state index in [0.717, 1.165) is 70.0 Å². The normalized spacial score (nSPS) is 43.5. The van der Waals surface area contributed by atoms with Crippen molar-refractivity contribution in [1.29, 1.82) is 0 Å². The maximum atomic E-state index is 13.1. The highest BCUT2D eigenvalue weighted by Crippen LogP contribution is 2.41. The molecule has 14 atom stereocenters. The molecule has 0 aromatic rings. The van der Waals surface area contributed by atoms with E-state index in [2.05, 4.69) is 36.0 Å². The van der Waals surface area contributed by atoms with Crippen LogP contribution in [0.25, 0.3) is 0 Å². The van der Waals surface area contributed by atoms with Crippen LogP contribution in [0.2, 0.25) is 0 Å². The van der Waals surface area contributed by atoms with Crippen molar-refractivity contribution in [2.45, 2.75) is 157 Å². The summed E-state index contributed by atoms with van der Waals surface area (Å²) >= 11 is 0. The fraction of sp³-hybridized carbons (Fsp3) is 0.927. The zero-order valence-electron chi connectivity index (χ0n) is 34.7. The van der Waals surface area contributed by atoms with Crippen LogP contribution in [0.3, 0.4) is 0 Å². The maximum Gasteiger partial charge on any atom is 0.226 e. The first kappa shape index (κ1) is 43.2. The summed E-state index contributed by atoms with van der Waals surface area (Å²) in [6, 6.07) is 0.252. The monoisotopic (exact) mass is 782 g/mol. The molecule has 0 spiro atoms. The molecule has 316 valence electrons. The van der Waals surface area contributed by atoms with Crippen LogP contribution in [0.1, 0.15) is 78.1 Å². The summed E-state index contributed by atoms with van der Waals surface area (Å²) < 4.78 is 54.4. The third-order valence-electron chi connectivity index (χ3n) is 14.1. The van der Waals surface area contributed by atoms with E-state index in [1.807, 2.05) is 0 Å². The van der Waals surface area contributed by atoms with Crippen molar-refractivity contribution in [3.8, 4) is 0 Å². The van der Waals surface area contributed by atoms with Crippen LogP contribution < -0.4 is 16.1 Å². The second kappa shape index (κ2) is 20.0. The number of allylic oxidation sites excluding steroid dienone is 1. The van der Waals surface area contributed by atoms with Gasteiger partial charge in [0.2, 0.25) is 5.91 Å². The molecule has 0 aromatic heterocycles. The summed E-state index contributed by atoms with van der Waals surface area (Å²) in [7, 11) is 12.2. The van der Waals surface area contributed by atoms with Crippen molar-refractivity contribution >= 4 is 5.91 Å². The Kier molecular flexibility index (Phi) is 15.7. The van der Waals surface area contributed by atoms with Crippen molar-refractivity contribution in [3.63, 3.8) is 0 Å². The van der Waals surface area contributed by atoms with Crippen molar-refractivity contribution in [2.24, 2.45) is 29.6 Å². The lowest BCUT2D eigenvalue weighted by molar-refractivity contribution is -0.183. The molecule has 6 aliphatic rings. The third-order valence-corrected chi connectivity index (χ3v) is 14.1. The summed E-state index contributed by atoms with van der Waals surface area (Å²) in [6.45, 7) is 4.84. The first-order valence-electron chi connectivity index (χ1n) is 20.8. The Morgan fingerprint density at radius 1 is 0.691 bits per heavy atom. The van der Waals surface area contributed by atoms with Gasteiger partial charge in [0.1, 0.15) is 18.0 Å². The van der Waals surface area contributed by atoms with E-state index in [9.17, 15) is 4.79 Å². The molecular formula is C41H71N3O11. The minimum atomic E-state index is -0.229. The van der Waals surface area contributed by atoms with Gasteiger partial charge in [-0.3, -0.25) is 10.1 Å². The fourth-order valence-electron chi connectivity index (χ4n) is 10.4. The number of rotatable bonds is 16. The molecule has 2 aliphatic heterocycles. The van der Waals surface area contributed by atoms with Gasteiger partial charge in [-0.2, -0.15) is 0 Å². The molecule has 3 N–H and O–H groups in total. The lowest BCUT2D eigenvalue weighted by atomic mass is 9.77. The Morgan fingerprint density at radius 2 is 1.33 bits per heavy atom. The van der Waals surface area contributed by atoms with Gasteiger partial charge in [-0.1, -0.05) is 6.92 Å². The minimum absolute atomic E-state index is 0.0122. The topological polar surface area (TPSA) is 145 Å². The van der Waals surface area contributed by atoms with Crippen LogP contribution in [0.4, 0.5) is 0 Å². The van der Waals surface area contributed by atoms with Gasteiger partial charge < -0.3 is 52.8 Å². The Bertz CT molecular complexity index is 1220. The predicted molar refractivity (Wildman–Crippen MR) is 204 cm³/mol. The molecule has 55 heavy (non-hydrogen) atoms. The van der Waals surface area contributed by atoms with E-state index < -0.39 is 0 Å². The zero-order chi connectivity index (χ0) is 39.2. The SMILES string of the molecule is COC1CCC2NC(C3CCC(OCC(C)C(C)OC4C(OC)CC(C5=CC(C6CC(OC)C(OC)C(OC)C6)NO5)CC4OC)C(OC)C3)NC(=O)C2C1. The van der Waals surface area contributed by atoms with Crippen molar-refractivity contribution in [2.75, 3.05) is 56.4 Å². The molecule has 1 amide bonds. The van der Waals surface area contributed by atoms with Gasteiger partial charge in [-0.25, -0.2) is 0 Å². The van der Waals surface area contributed by atoms with E-state index in [1.165, 1.54) is 0 Å². The molecule has 14 nitrogen and oxygen atoms in total. The highest BCUT2D eigenvalue weighted by atomic mass is 16.7. The molecule has 0 bridgehead atoms. The molecule has 0 aromatic carbocycles. The Labute approximate surface area is 329 Å². The standard InChI is InChI=1S/C41H71N3O11/c1-22(21-53-31-13-10-24(14-33(31)47-4)40-42-29-12-11-27(46-3)19-28(29)41(45)43-40)23(2)54-39-36(50-7)17-26(18-37(39)51-8)32-20-30(44-55-32)25-15-34(48-5)38(52-9)35(16-25)49-6/h20,22-31,33-40,42,44H,10-19,21H2,1-9H3,(H,43,45).